The van der Waals surface area contributed by atoms with Gasteiger partial charge in [0.2, 0.25) is 0 Å². The quantitative estimate of drug-likeness (QED) is 0.187. The first-order chi connectivity index (χ1) is 17.5. The molecular weight excluding hydrogens is 456 g/mol. The number of carbonyl (C=O) groups is 1. The highest BCUT2D eigenvalue weighted by Gasteiger charge is 2.11. The van der Waals surface area contributed by atoms with E-state index in [1.165, 1.54) is 18.3 Å². The third-order valence-electron chi connectivity index (χ3n) is 5.42. The molecule has 1 amide bonds. The van der Waals surface area contributed by atoms with E-state index in [1.54, 1.807) is 30.5 Å². The van der Waals surface area contributed by atoms with Crippen LogP contribution in [-0.2, 0) is 0 Å². The molecule has 0 aliphatic carbocycles. The van der Waals surface area contributed by atoms with Crippen LogP contribution in [0.3, 0.4) is 0 Å². The Morgan fingerprint density at radius 3 is 2.19 bits per heavy atom. The number of hydrogen-bond donors (Lipinski definition) is 3. The summed E-state index contributed by atoms with van der Waals surface area (Å²) in [5.74, 6) is -0.338. The van der Waals surface area contributed by atoms with Gasteiger partial charge in [-0.2, -0.15) is 0 Å². The molecule has 3 aromatic carbocycles. The summed E-state index contributed by atoms with van der Waals surface area (Å²) in [4.78, 5) is 31.9. The summed E-state index contributed by atoms with van der Waals surface area (Å²) < 4.78 is 0. The van der Waals surface area contributed by atoms with Crippen LogP contribution in [-0.4, -0.2) is 20.8 Å². The summed E-state index contributed by atoms with van der Waals surface area (Å²) in [5, 5.41) is 21.1. The molecule has 36 heavy (non-hydrogen) atoms. The van der Waals surface area contributed by atoms with Gasteiger partial charge >= 0.3 is 0 Å². The summed E-state index contributed by atoms with van der Waals surface area (Å²) >= 11 is 0. The molecular formula is C27H20N6O3. The van der Waals surface area contributed by atoms with Gasteiger partial charge in [0.1, 0.15) is 5.69 Å². The molecule has 176 valence electrons. The molecule has 0 spiro atoms. The van der Waals surface area contributed by atoms with Gasteiger partial charge in [0, 0.05) is 46.5 Å². The highest BCUT2D eigenvalue weighted by molar-refractivity contribution is 6.03. The second kappa shape index (κ2) is 9.90. The second-order valence-corrected chi connectivity index (χ2v) is 7.90. The Kier molecular flexibility index (Phi) is 6.18. The van der Waals surface area contributed by atoms with Crippen LogP contribution in [0.15, 0.2) is 103 Å². The molecule has 0 bridgehead atoms. The van der Waals surface area contributed by atoms with Crippen molar-refractivity contribution in [3.63, 3.8) is 0 Å². The predicted molar refractivity (Wildman–Crippen MR) is 140 cm³/mol. The number of fused-ring (bicyclic) bond motifs is 1. The minimum atomic E-state index is -0.446. The molecule has 0 aliphatic heterocycles. The van der Waals surface area contributed by atoms with Crippen molar-refractivity contribution in [1.29, 1.82) is 0 Å². The maximum Gasteiger partial charge on any atom is 0.274 e. The van der Waals surface area contributed by atoms with Crippen LogP contribution in [0.1, 0.15) is 10.5 Å². The van der Waals surface area contributed by atoms with E-state index in [4.69, 9.17) is 0 Å². The molecule has 0 fully saturated rings. The van der Waals surface area contributed by atoms with E-state index < -0.39 is 4.92 Å². The SMILES string of the molecule is O=C(Nc1ccc(Nc2ccccc2)cc1)c1ccc(Nc2ccnc3ccc([N+](=O)[O-])cc23)cn1. The standard InChI is InChI=1S/C27H20N6O3/c34-27(32-20-8-6-19(7-9-20)30-18-4-2-1-3-5-18)26-12-10-21(17-29-26)31-25-14-15-28-24-13-11-22(33(35)36)16-23(24)25/h1-17,30H,(H,28,31)(H,32,34). The van der Waals surface area contributed by atoms with Gasteiger partial charge in [-0.1, -0.05) is 18.2 Å². The monoisotopic (exact) mass is 476 g/mol. The van der Waals surface area contributed by atoms with Gasteiger partial charge in [-0.15, -0.1) is 0 Å². The van der Waals surface area contributed by atoms with Crippen molar-refractivity contribution in [1.82, 2.24) is 9.97 Å². The van der Waals surface area contributed by atoms with Crippen LogP contribution in [0.25, 0.3) is 10.9 Å². The van der Waals surface area contributed by atoms with Crippen molar-refractivity contribution in [3.8, 4) is 0 Å². The highest BCUT2D eigenvalue weighted by Crippen LogP contribution is 2.28. The lowest BCUT2D eigenvalue weighted by molar-refractivity contribution is -0.384. The fraction of sp³-hybridized carbons (Fsp3) is 0. The Morgan fingerprint density at radius 1 is 0.750 bits per heavy atom. The van der Waals surface area contributed by atoms with Gasteiger partial charge in [-0.3, -0.25) is 19.9 Å². The number of hydrogen-bond acceptors (Lipinski definition) is 7. The lowest BCUT2D eigenvalue weighted by Crippen LogP contribution is -2.13. The molecule has 0 saturated carbocycles. The lowest BCUT2D eigenvalue weighted by atomic mass is 10.1. The molecule has 0 unspecified atom stereocenters. The molecule has 9 heteroatoms. The Hall–Kier alpha value is -5.31. The zero-order valence-corrected chi connectivity index (χ0v) is 18.9. The first-order valence-corrected chi connectivity index (χ1v) is 11.0. The number of nitrogens with one attached hydrogen (secondary N) is 3. The number of rotatable bonds is 7. The molecule has 5 aromatic rings. The highest BCUT2D eigenvalue weighted by atomic mass is 16.6. The Labute approximate surface area is 206 Å². The maximum atomic E-state index is 12.7. The van der Waals surface area contributed by atoms with E-state index in [9.17, 15) is 14.9 Å². The van der Waals surface area contributed by atoms with Gasteiger partial charge in [0.05, 0.1) is 22.3 Å². The van der Waals surface area contributed by atoms with Crippen molar-refractivity contribution in [2.75, 3.05) is 16.0 Å². The Morgan fingerprint density at radius 2 is 1.47 bits per heavy atom. The summed E-state index contributed by atoms with van der Waals surface area (Å²) in [5.41, 5.74) is 4.66. The smallest absolute Gasteiger partial charge is 0.274 e. The van der Waals surface area contributed by atoms with Crippen LogP contribution in [0, 0.1) is 10.1 Å². The van der Waals surface area contributed by atoms with E-state index in [2.05, 4.69) is 25.9 Å². The summed E-state index contributed by atoms with van der Waals surface area (Å²) in [6.45, 7) is 0. The van der Waals surface area contributed by atoms with E-state index in [1.807, 2.05) is 54.6 Å². The molecule has 0 aliphatic rings. The molecule has 2 aromatic heterocycles. The van der Waals surface area contributed by atoms with Gasteiger partial charge < -0.3 is 16.0 Å². The molecule has 2 heterocycles. The van der Waals surface area contributed by atoms with Gasteiger partial charge in [0.25, 0.3) is 11.6 Å². The fourth-order valence-electron chi connectivity index (χ4n) is 3.63. The van der Waals surface area contributed by atoms with E-state index in [0.717, 1.165) is 11.4 Å². The first-order valence-electron chi connectivity index (χ1n) is 11.0. The topological polar surface area (TPSA) is 122 Å². The van der Waals surface area contributed by atoms with Crippen molar-refractivity contribution >= 4 is 50.9 Å². The molecule has 0 radical (unpaired) electrons. The zero-order chi connectivity index (χ0) is 24.9. The Bertz CT molecular complexity index is 1540. The predicted octanol–water partition coefficient (Wildman–Crippen LogP) is 6.28. The van der Waals surface area contributed by atoms with Crippen LogP contribution in [0.4, 0.5) is 34.1 Å². The third kappa shape index (κ3) is 5.10. The minimum Gasteiger partial charge on any atom is -0.356 e. The fourth-order valence-corrected chi connectivity index (χ4v) is 3.63. The number of nitro benzene ring substituents is 1. The number of benzene rings is 3. The number of non-ortho nitro benzene ring substituents is 1. The number of pyridine rings is 2. The van der Waals surface area contributed by atoms with Crippen molar-refractivity contribution in [2.24, 2.45) is 0 Å². The van der Waals surface area contributed by atoms with Crippen LogP contribution < -0.4 is 16.0 Å². The molecule has 0 saturated heterocycles. The minimum absolute atomic E-state index is 0.0208. The largest absolute Gasteiger partial charge is 0.356 e. The van der Waals surface area contributed by atoms with Crippen molar-refractivity contribution in [2.45, 2.75) is 0 Å². The molecule has 0 atom stereocenters. The summed E-state index contributed by atoms with van der Waals surface area (Å²) in [6, 6.07) is 26.7. The van der Waals surface area contributed by atoms with E-state index in [0.29, 0.717) is 28.0 Å². The average Bonchev–Trinajstić information content (AvgIpc) is 2.91. The lowest BCUT2D eigenvalue weighted by Gasteiger charge is -2.10. The Balaban J connectivity index is 1.25. The molecule has 9 nitrogen and oxygen atoms in total. The molecule has 5 rings (SSSR count). The van der Waals surface area contributed by atoms with E-state index in [-0.39, 0.29) is 17.3 Å². The van der Waals surface area contributed by atoms with Crippen molar-refractivity contribution < 1.29 is 9.72 Å². The van der Waals surface area contributed by atoms with Crippen LogP contribution >= 0.6 is 0 Å². The van der Waals surface area contributed by atoms with Crippen LogP contribution in [0.5, 0.6) is 0 Å². The summed E-state index contributed by atoms with van der Waals surface area (Å²) in [7, 11) is 0. The number of carbonyl (C=O) groups excluding carboxylic acids is 1. The van der Waals surface area contributed by atoms with E-state index >= 15 is 0 Å². The van der Waals surface area contributed by atoms with Crippen molar-refractivity contribution in [3.05, 3.63) is 119 Å². The number of anilines is 5. The number of aromatic nitrogens is 2. The maximum absolute atomic E-state index is 12.7. The number of para-hydroxylation sites is 1. The van der Waals surface area contributed by atoms with Crippen LogP contribution in [0.2, 0.25) is 0 Å². The zero-order valence-electron chi connectivity index (χ0n) is 18.9. The van der Waals surface area contributed by atoms with Gasteiger partial charge in [0.15, 0.2) is 0 Å². The number of nitrogens with zero attached hydrogens (tertiary/aromatic N) is 3. The first kappa shape index (κ1) is 22.5. The van der Waals surface area contributed by atoms with Gasteiger partial charge in [-0.05, 0) is 60.7 Å². The third-order valence-corrected chi connectivity index (χ3v) is 5.42. The average molecular weight is 476 g/mol. The number of nitro groups is 1. The second-order valence-electron chi connectivity index (χ2n) is 7.90. The summed E-state index contributed by atoms with van der Waals surface area (Å²) in [6.07, 6.45) is 3.15. The normalized spacial score (nSPS) is 10.6. The number of amides is 1. The van der Waals surface area contributed by atoms with Gasteiger partial charge in [-0.25, -0.2) is 4.98 Å². The molecule has 3 N–H and O–H groups in total.